The van der Waals surface area contributed by atoms with Gasteiger partial charge in [0.15, 0.2) is 0 Å². The number of hydrogen-bond acceptors (Lipinski definition) is 5. The number of amides is 1. The van der Waals surface area contributed by atoms with Crippen LogP contribution in [0.4, 0.5) is 5.69 Å². The summed E-state index contributed by atoms with van der Waals surface area (Å²) in [6.07, 6.45) is 2.33. The Bertz CT molecular complexity index is 1090. The third-order valence-corrected chi connectivity index (χ3v) is 6.05. The van der Waals surface area contributed by atoms with Crippen LogP contribution < -0.4 is 5.32 Å². The SMILES string of the molecule is Cn1cc([C@@H](CC(=O)NCCN2CCOCC2)c2ccc([N+](=O)[O-])cc2)c2ccccc21. The highest BCUT2D eigenvalue weighted by molar-refractivity contribution is 5.86. The first-order valence-electron chi connectivity index (χ1n) is 10.9. The molecule has 1 fully saturated rings. The van der Waals surface area contributed by atoms with Gasteiger partial charge in [-0.25, -0.2) is 0 Å². The normalized spacial score (nSPS) is 15.5. The number of para-hydroxylation sites is 1. The van der Waals surface area contributed by atoms with Crippen molar-refractivity contribution in [2.75, 3.05) is 39.4 Å². The van der Waals surface area contributed by atoms with E-state index >= 15 is 0 Å². The second kappa shape index (κ2) is 9.93. The minimum atomic E-state index is -0.408. The number of fused-ring (bicyclic) bond motifs is 1. The summed E-state index contributed by atoms with van der Waals surface area (Å²) in [5.41, 5.74) is 3.05. The van der Waals surface area contributed by atoms with Gasteiger partial charge in [-0.1, -0.05) is 30.3 Å². The number of nitrogens with one attached hydrogen (secondary N) is 1. The van der Waals surface area contributed by atoms with Gasteiger partial charge in [0, 0.05) is 74.8 Å². The zero-order valence-electron chi connectivity index (χ0n) is 18.2. The quantitative estimate of drug-likeness (QED) is 0.433. The summed E-state index contributed by atoms with van der Waals surface area (Å²) in [6, 6.07) is 14.6. The van der Waals surface area contributed by atoms with E-state index < -0.39 is 4.92 Å². The molecule has 1 atom stereocenters. The third kappa shape index (κ3) is 4.98. The van der Waals surface area contributed by atoms with E-state index in [4.69, 9.17) is 4.74 Å². The Morgan fingerprint density at radius 3 is 2.59 bits per heavy atom. The molecule has 0 saturated carbocycles. The molecule has 1 aliphatic rings. The highest BCUT2D eigenvalue weighted by atomic mass is 16.6. The number of morpholine rings is 1. The van der Waals surface area contributed by atoms with E-state index in [0.29, 0.717) is 6.54 Å². The van der Waals surface area contributed by atoms with Crippen molar-refractivity contribution in [2.45, 2.75) is 12.3 Å². The van der Waals surface area contributed by atoms with Gasteiger partial charge >= 0.3 is 0 Å². The topological polar surface area (TPSA) is 89.6 Å². The van der Waals surface area contributed by atoms with E-state index in [9.17, 15) is 14.9 Å². The minimum absolute atomic E-state index is 0.0328. The fraction of sp³-hybridized carbons (Fsp3) is 0.375. The van der Waals surface area contributed by atoms with Gasteiger partial charge in [0.2, 0.25) is 5.91 Å². The number of hydrogen-bond donors (Lipinski definition) is 1. The van der Waals surface area contributed by atoms with E-state index in [-0.39, 0.29) is 23.9 Å². The van der Waals surface area contributed by atoms with E-state index in [1.54, 1.807) is 12.1 Å². The number of ether oxygens (including phenoxy) is 1. The average Bonchev–Trinajstić information content (AvgIpc) is 3.15. The number of nitro benzene ring substituents is 1. The maximum atomic E-state index is 12.9. The maximum absolute atomic E-state index is 12.9. The molecule has 0 spiro atoms. The highest BCUT2D eigenvalue weighted by Gasteiger charge is 2.23. The lowest BCUT2D eigenvalue weighted by atomic mass is 9.88. The molecule has 0 bridgehead atoms. The van der Waals surface area contributed by atoms with Crippen LogP contribution in [0.1, 0.15) is 23.5 Å². The molecule has 0 radical (unpaired) electrons. The van der Waals surface area contributed by atoms with Gasteiger partial charge in [-0.3, -0.25) is 19.8 Å². The van der Waals surface area contributed by atoms with Crippen molar-refractivity contribution in [1.82, 2.24) is 14.8 Å². The number of non-ortho nitro benzene ring substituents is 1. The molecule has 168 valence electrons. The Hall–Kier alpha value is -3.23. The van der Waals surface area contributed by atoms with E-state index in [1.807, 2.05) is 25.2 Å². The molecule has 1 aromatic heterocycles. The molecule has 1 aliphatic heterocycles. The fourth-order valence-corrected chi connectivity index (χ4v) is 4.32. The van der Waals surface area contributed by atoms with E-state index in [2.05, 4.69) is 27.0 Å². The summed E-state index contributed by atoms with van der Waals surface area (Å²) in [4.78, 5) is 25.8. The zero-order chi connectivity index (χ0) is 22.5. The van der Waals surface area contributed by atoms with Gasteiger partial charge in [0.1, 0.15) is 0 Å². The lowest BCUT2D eigenvalue weighted by molar-refractivity contribution is -0.384. The molecule has 3 aromatic rings. The zero-order valence-corrected chi connectivity index (χ0v) is 18.2. The van der Waals surface area contributed by atoms with Gasteiger partial charge in [0.25, 0.3) is 5.69 Å². The molecular formula is C24H28N4O4. The number of nitro groups is 1. The van der Waals surface area contributed by atoms with Crippen molar-refractivity contribution in [2.24, 2.45) is 7.05 Å². The fourth-order valence-electron chi connectivity index (χ4n) is 4.32. The maximum Gasteiger partial charge on any atom is 0.269 e. The lowest BCUT2D eigenvalue weighted by Gasteiger charge is -2.26. The summed E-state index contributed by atoms with van der Waals surface area (Å²) < 4.78 is 7.42. The van der Waals surface area contributed by atoms with Crippen LogP contribution in [0.2, 0.25) is 0 Å². The number of benzene rings is 2. The van der Waals surface area contributed by atoms with Crippen molar-refractivity contribution in [3.05, 3.63) is 76.0 Å². The Labute approximate surface area is 186 Å². The summed E-state index contributed by atoms with van der Waals surface area (Å²) >= 11 is 0. The Kier molecular flexibility index (Phi) is 6.82. The number of aromatic nitrogens is 1. The lowest BCUT2D eigenvalue weighted by Crippen LogP contribution is -2.41. The van der Waals surface area contributed by atoms with Gasteiger partial charge in [-0.05, 0) is 17.2 Å². The summed E-state index contributed by atoms with van der Waals surface area (Å²) in [6.45, 7) is 4.62. The standard InChI is InChI=1S/C24H28N4O4/c1-26-17-22(20-4-2-3-5-23(20)26)21(18-6-8-19(9-7-18)28(30)31)16-24(29)25-10-11-27-12-14-32-15-13-27/h2-9,17,21H,10-16H2,1H3,(H,25,29)/t21-/m0/s1. The number of aryl methyl sites for hydroxylation is 1. The Balaban J connectivity index is 1.54. The van der Waals surface area contributed by atoms with Gasteiger partial charge < -0.3 is 14.6 Å². The molecule has 8 heteroatoms. The molecule has 0 unspecified atom stereocenters. The smallest absolute Gasteiger partial charge is 0.269 e. The predicted octanol–water partition coefficient (Wildman–Crippen LogP) is 3.06. The van der Waals surface area contributed by atoms with Crippen molar-refractivity contribution < 1.29 is 14.5 Å². The molecule has 2 aromatic carbocycles. The number of nitrogens with zero attached hydrogens (tertiary/aromatic N) is 3. The van der Waals surface area contributed by atoms with E-state index in [0.717, 1.165) is 54.9 Å². The minimum Gasteiger partial charge on any atom is -0.379 e. The van der Waals surface area contributed by atoms with Gasteiger partial charge in [-0.15, -0.1) is 0 Å². The van der Waals surface area contributed by atoms with Crippen LogP contribution in [0.25, 0.3) is 10.9 Å². The largest absolute Gasteiger partial charge is 0.379 e. The van der Waals surface area contributed by atoms with Gasteiger partial charge in [-0.2, -0.15) is 0 Å². The number of rotatable bonds is 8. The third-order valence-electron chi connectivity index (χ3n) is 6.05. The molecule has 1 saturated heterocycles. The Morgan fingerprint density at radius 1 is 1.16 bits per heavy atom. The number of carbonyl (C=O) groups excluding carboxylic acids is 1. The molecule has 32 heavy (non-hydrogen) atoms. The Morgan fingerprint density at radius 2 is 1.88 bits per heavy atom. The first-order chi connectivity index (χ1) is 15.5. The van der Waals surface area contributed by atoms with Crippen LogP contribution in [-0.4, -0.2) is 59.7 Å². The first-order valence-corrected chi connectivity index (χ1v) is 10.9. The summed E-state index contributed by atoms with van der Waals surface area (Å²) in [5, 5.41) is 15.2. The predicted molar refractivity (Wildman–Crippen MR) is 123 cm³/mol. The van der Waals surface area contributed by atoms with Crippen LogP contribution in [-0.2, 0) is 16.6 Å². The van der Waals surface area contributed by atoms with Crippen LogP contribution in [0.3, 0.4) is 0 Å². The molecule has 1 N–H and O–H groups in total. The van der Waals surface area contributed by atoms with Crippen molar-refractivity contribution in [3.8, 4) is 0 Å². The summed E-state index contributed by atoms with van der Waals surface area (Å²) in [5.74, 6) is -0.236. The van der Waals surface area contributed by atoms with Crippen molar-refractivity contribution in [1.29, 1.82) is 0 Å². The van der Waals surface area contributed by atoms with Crippen LogP contribution >= 0.6 is 0 Å². The second-order valence-electron chi connectivity index (χ2n) is 8.12. The molecule has 1 amide bonds. The average molecular weight is 437 g/mol. The van der Waals surface area contributed by atoms with Crippen LogP contribution in [0.15, 0.2) is 54.7 Å². The number of carbonyl (C=O) groups is 1. The highest BCUT2D eigenvalue weighted by Crippen LogP contribution is 2.35. The molecular weight excluding hydrogens is 408 g/mol. The molecule has 8 nitrogen and oxygen atoms in total. The van der Waals surface area contributed by atoms with E-state index in [1.165, 1.54) is 12.1 Å². The van der Waals surface area contributed by atoms with Gasteiger partial charge in [0.05, 0.1) is 18.1 Å². The second-order valence-corrected chi connectivity index (χ2v) is 8.12. The molecule has 0 aliphatic carbocycles. The monoisotopic (exact) mass is 436 g/mol. The molecule has 2 heterocycles. The summed E-state index contributed by atoms with van der Waals surface area (Å²) in [7, 11) is 1.99. The van der Waals surface area contributed by atoms with Crippen molar-refractivity contribution >= 4 is 22.5 Å². The van der Waals surface area contributed by atoms with Crippen LogP contribution in [0.5, 0.6) is 0 Å². The van der Waals surface area contributed by atoms with Crippen LogP contribution in [0, 0.1) is 10.1 Å². The first kappa shape index (κ1) is 22.0. The van der Waals surface area contributed by atoms with Crippen molar-refractivity contribution in [3.63, 3.8) is 0 Å². The molecule has 4 rings (SSSR count).